The number of aliphatic hydroxyl groups is 1. The van der Waals surface area contributed by atoms with Gasteiger partial charge in [-0.15, -0.1) is 11.8 Å². The number of amides is 1. The highest BCUT2D eigenvalue weighted by molar-refractivity contribution is 8.00. The van der Waals surface area contributed by atoms with Crippen molar-refractivity contribution in [3.63, 3.8) is 0 Å². The molecule has 1 N–H and O–H groups in total. The Hall–Kier alpha value is -1.00. The van der Waals surface area contributed by atoms with Gasteiger partial charge in [0.1, 0.15) is 5.60 Å². The van der Waals surface area contributed by atoms with E-state index in [9.17, 15) is 9.90 Å². The zero-order valence-corrected chi connectivity index (χ0v) is 11.0. The summed E-state index contributed by atoms with van der Waals surface area (Å²) in [5, 5.41) is 10.2. The Bertz CT molecular complexity index is 438. The Balaban J connectivity index is 1.46. The number of benzene rings is 1. The molecule has 0 unspecified atom stereocenters. The first kappa shape index (κ1) is 12.1. The number of hydrogen-bond donors (Lipinski definition) is 1. The number of carbonyl (C=O) groups is 1. The lowest BCUT2D eigenvalue weighted by atomic mass is 9.89. The minimum absolute atomic E-state index is 0.133. The van der Waals surface area contributed by atoms with Crippen LogP contribution in [-0.2, 0) is 4.79 Å². The van der Waals surface area contributed by atoms with Crippen molar-refractivity contribution in [1.82, 2.24) is 4.90 Å². The fourth-order valence-corrected chi connectivity index (χ4v) is 3.25. The average molecular weight is 263 g/mol. The Morgan fingerprint density at radius 3 is 2.61 bits per heavy atom. The fourth-order valence-electron chi connectivity index (χ4n) is 2.42. The molecular formula is C14H17NO2S. The summed E-state index contributed by atoms with van der Waals surface area (Å²) in [5.74, 6) is 1.04. The number of rotatable bonds is 4. The monoisotopic (exact) mass is 263 g/mol. The van der Waals surface area contributed by atoms with Crippen LogP contribution in [0, 0.1) is 5.92 Å². The van der Waals surface area contributed by atoms with Crippen LogP contribution in [-0.4, -0.2) is 40.4 Å². The van der Waals surface area contributed by atoms with Crippen LogP contribution in [0.3, 0.4) is 0 Å². The molecule has 4 heteroatoms. The number of nitrogens with zero attached hydrogens (tertiary/aromatic N) is 1. The van der Waals surface area contributed by atoms with E-state index in [1.807, 2.05) is 30.3 Å². The lowest BCUT2D eigenvalue weighted by Gasteiger charge is -2.47. The van der Waals surface area contributed by atoms with Gasteiger partial charge in [0.05, 0.1) is 18.8 Å². The van der Waals surface area contributed by atoms with Gasteiger partial charge >= 0.3 is 0 Å². The molecule has 96 valence electrons. The zero-order valence-electron chi connectivity index (χ0n) is 10.2. The third-order valence-corrected chi connectivity index (χ3v) is 4.72. The van der Waals surface area contributed by atoms with Crippen LogP contribution in [0.15, 0.2) is 35.2 Å². The van der Waals surface area contributed by atoms with E-state index in [0.29, 0.717) is 24.8 Å². The molecule has 1 saturated heterocycles. The topological polar surface area (TPSA) is 40.5 Å². The van der Waals surface area contributed by atoms with Crippen molar-refractivity contribution < 1.29 is 9.90 Å². The smallest absolute Gasteiger partial charge is 0.233 e. The van der Waals surface area contributed by atoms with Gasteiger partial charge in [-0.25, -0.2) is 0 Å². The lowest BCUT2D eigenvalue weighted by Crippen LogP contribution is -2.65. The van der Waals surface area contributed by atoms with Gasteiger partial charge in [0.25, 0.3) is 0 Å². The van der Waals surface area contributed by atoms with Crippen molar-refractivity contribution in [3.8, 4) is 0 Å². The Morgan fingerprint density at radius 1 is 1.33 bits per heavy atom. The fraction of sp³-hybridized carbons (Fsp3) is 0.500. The predicted octanol–water partition coefficient (Wildman–Crippen LogP) is 1.76. The Kier molecular flexibility index (Phi) is 3.08. The molecule has 1 amide bonds. The quantitative estimate of drug-likeness (QED) is 0.842. The highest BCUT2D eigenvalue weighted by Crippen LogP contribution is 2.44. The molecule has 1 saturated carbocycles. The second-order valence-electron chi connectivity index (χ2n) is 5.23. The van der Waals surface area contributed by atoms with Gasteiger partial charge in [0.2, 0.25) is 5.91 Å². The second kappa shape index (κ2) is 4.59. The van der Waals surface area contributed by atoms with E-state index in [2.05, 4.69) is 0 Å². The summed E-state index contributed by atoms with van der Waals surface area (Å²) in [7, 11) is 0. The van der Waals surface area contributed by atoms with Gasteiger partial charge in [0, 0.05) is 4.90 Å². The average Bonchev–Trinajstić information content (AvgIpc) is 3.18. The Morgan fingerprint density at radius 2 is 2.00 bits per heavy atom. The van der Waals surface area contributed by atoms with E-state index in [4.69, 9.17) is 0 Å². The van der Waals surface area contributed by atoms with E-state index < -0.39 is 5.60 Å². The molecule has 0 bridgehead atoms. The molecule has 3 rings (SSSR count). The number of carbonyl (C=O) groups excluding carboxylic acids is 1. The molecule has 18 heavy (non-hydrogen) atoms. The molecule has 0 atom stereocenters. The van der Waals surface area contributed by atoms with Crippen molar-refractivity contribution in [3.05, 3.63) is 30.3 Å². The number of hydrogen-bond acceptors (Lipinski definition) is 3. The molecule has 1 aromatic rings. The first-order valence-corrected chi connectivity index (χ1v) is 7.34. The van der Waals surface area contributed by atoms with Gasteiger partial charge < -0.3 is 10.0 Å². The molecule has 2 aliphatic rings. The van der Waals surface area contributed by atoms with Gasteiger partial charge in [-0.3, -0.25) is 4.79 Å². The van der Waals surface area contributed by atoms with E-state index in [1.54, 1.807) is 16.7 Å². The zero-order chi connectivity index (χ0) is 12.6. The first-order valence-electron chi connectivity index (χ1n) is 6.35. The van der Waals surface area contributed by atoms with Crippen molar-refractivity contribution >= 4 is 17.7 Å². The molecule has 1 aromatic carbocycles. The summed E-state index contributed by atoms with van der Waals surface area (Å²) >= 11 is 1.56. The molecule has 0 spiro atoms. The molecular weight excluding hydrogens is 246 g/mol. The van der Waals surface area contributed by atoms with Crippen LogP contribution < -0.4 is 0 Å². The maximum atomic E-state index is 11.9. The maximum Gasteiger partial charge on any atom is 0.233 e. The van der Waals surface area contributed by atoms with Gasteiger partial charge in [-0.1, -0.05) is 18.2 Å². The van der Waals surface area contributed by atoms with Gasteiger partial charge in [-0.05, 0) is 30.9 Å². The van der Waals surface area contributed by atoms with Crippen LogP contribution in [0.25, 0.3) is 0 Å². The van der Waals surface area contributed by atoms with Crippen molar-refractivity contribution in [2.45, 2.75) is 23.3 Å². The summed E-state index contributed by atoms with van der Waals surface area (Å²) < 4.78 is 0. The summed E-state index contributed by atoms with van der Waals surface area (Å²) in [6, 6.07) is 9.94. The molecule has 1 aliphatic carbocycles. The summed E-state index contributed by atoms with van der Waals surface area (Å²) in [4.78, 5) is 14.8. The largest absolute Gasteiger partial charge is 0.386 e. The van der Waals surface area contributed by atoms with Crippen LogP contribution >= 0.6 is 11.8 Å². The van der Waals surface area contributed by atoms with Crippen molar-refractivity contribution in [1.29, 1.82) is 0 Å². The Labute approximate surface area is 111 Å². The van der Waals surface area contributed by atoms with Crippen molar-refractivity contribution in [2.24, 2.45) is 5.92 Å². The lowest BCUT2D eigenvalue weighted by molar-refractivity contribution is -0.156. The molecule has 0 aromatic heterocycles. The minimum atomic E-state index is -0.562. The van der Waals surface area contributed by atoms with Crippen molar-refractivity contribution in [2.75, 3.05) is 18.8 Å². The molecule has 1 heterocycles. The van der Waals surface area contributed by atoms with E-state index in [-0.39, 0.29) is 5.91 Å². The van der Waals surface area contributed by atoms with Crippen LogP contribution in [0.4, 0.5) is 0 Å². The van der Waals surface area contributed by atoms with E-state index >= 15 is 0 Å². The molecule has 2 fully saturated rings. The number of thioether (sulfide) groups is 1. The van der Waals surface area contributed by atoms with E-state index in [1.165, 1.54) is 0 Å². The first-order chi connectivity index (χ1) is 8.67. The summed E-state index contributed by atoms with van der Waals surface area (Å²) in [6.45, 7) is 1.07. The standard InChI is InChI=1S/C14H17NO2S/c16-13(8-18-12-4-2-1-3-5-12)15-9-14(17,10-15)11-6-7-11/h1-5,11,17H,6-10H2. The third-order valence-electron chi connectivity index (χ3n) is 3.72. The minimum Gasteiger partial charge on any atom is -0.386 e. The number of β-amino-alcohol motifs (C(OH)–C–C–N with tert-alkyl or cyclic N) is 1. The highest BCUT2D eigenvalue weighted by atomic mass is 32.2. The number of likely N-dealkylation sites (tertiary alicyclic amines) is 1. The SMILES string of the molecule is O=C(CSc1ccccc1)N1CC(O)(C2CC2)C1. The maximum absolute atomic E-state index is 11.9. The van der Waals surface area contributed by atoms with E-state index in [0.717, 1.165) is 17.7 Å². The van der Waals surface area contributed by atoms with Gasteiger partial charge in [-0.2, -0.15) is 0 Å². The van der Waals surface area contributed by atoms with Gasteiger partial charge in [0.15, 0.2) is 0 Å². The normalized spacial score (nSPS) is 21.5. The summed E-state index contributed by atoms with van der Waals surface area (Å²) in [5.41, 5.74) is -0.562. The molecule has 1 aliphatic heterocycles. The van der Waals surface area contributed by atoms with Crippen LogP contribution in [0.1, 0.15) is 12.8 Å². The summed E-state index contributed by atoms with van der Waals surface area (Å²) in [6.07, 6.45) is 2.24. The van der Waals surface area contributed by atoms with Crippen LogP contribution in [0.5, 0.6) is 0 Å². The van der Waals surface area contributed by atoms with Crippen LogP contribution in [0.2, 0.25) is 0 Å². The third kappa shape index (κ3) is 2.40. The molecule has 3 nitrogen and oxygen atoms in total. The highest BCUT2D eigenvalue weighted by Gasteiger charge is 2.53. The predicted molar refractivity (Wildman–Crippen MR) is 71.4 cm³/mol. The molecule has 0 radical (unpaired) electrons. The second-order valence-corrected chi connectivity index (χ2v) is 6.28.